The van der Waals surface area contributed by atoms with E-state index >= 15 is 4.39 Å². The molecule has 7 bridgehead atoms. The number of fused-ring (bicyclic) bond motifs is 2. The van der Waals surface area contributed by atoms with Crippen LogP contribution in [0.3, 0.4) is 0 Å². The Balaban J connectivity index is 1.15. The number of ether oxygens (including phenoxy) is 1. The van der Waals surface area contributed by atoms with Crippen molar-refractivity contribution in [2.24, 2.45) is 17.3 Å². The first-order valence-corrected chi connectivity index (χ1v) is 18.3. The van der Waals surface area contributed by atoms with Crippen LogP contribution in [0, 0.1) is 23.1 Å². The lowest BCUT2D eigenvalue weighted by Crippen LogP contribution is -2.57. The van der Waals surface area contributed by atoms with E-state index in [9.17, 15) is 9.18 Å². The van der Waals surface area contributed by atoms with E-state index in [2.05, 4.69) is 26.0 Å². The van der Waals surface area contributed by atoms with Crippen LogP contribution < -0.4 is 25.8 Å². The summed E-state index contributed by atoms with van der Waals surface area (Å²) in [4.78, 5) is 32.1. The Morgan fingerprint density at radius 3 is 2.87 bits per heavy atom. The van der Waals surface area contributed by atoms with Crippen molar-refractivity contribution in [1.82, 2.24) is 36.0 Å². The lowest BCUT2D eigenvalue weighted by molar-refractivity contribution is -0.123. The van der Waals surface area contributed by atoms with Crippen molar-refractivity contribution in [2.75, 3.05) is 44.2 Å². The number of anilines is 1. The summed E-state index contributed by atoms with van der Waals surface area (Å²) in [6.07, 6.45) is 9.77. The third-order valence-electron chi connectivity index (χ3n) is 12.9. The molecule has 2 aromatic rings. The first kappa shape index (κ1) is 30.6. The number of hydrogen-bond donors (Lipinski definition) is 3. The second kappa shape index (κ2) is 11.6. The molecule has 254 valence electrons. The van der Waals surface area contributed by atoms with Gasteiger partial charge in [-0.25, -0.2) is 8.78 Å². The van der Waals surface area contributed by atoms with Crippen molar-refractivity contribution in [3.05, 3.63) is 17.7 Å². The van der Waals surface area contributed by atoms with Crippen molar-refractivity contribution in [3.8, 4) is 6.01 Å². The largest absolute Gasteiger partial charge is 0.461 e. The number of pyridine rings is 1. The molecule has 2 aliphatic carbocycles. The monoisotopic (exact) mass is 670 g/mol. The van der Waals surface area contributed by atoms with E-state index in [1.165, 1.54) is 0 Å². The van der Waals surface area contributed by atoms with E-state index in [0.29, 0.717) is 55.7 Å². The predicted molar refractivity (Wildman–Crippen MR) is 174 cm³/mol. The van der Waals surface area contributed by atoms with Crippen LogP contribution in [0.2, 0.25) is 0 Å². The lowest BCUT2D eigenvalue weighted by atomic mass is 9.61. The Morgan fingerprint density at radius 2 is 1.98 bits per heavy atom. The molecule has 0 radical (unpaired) electrons. The zero-order chi connectivity index (χ0) is 31.9. The first-order valence-electron chi connectivity index (χ1n) is 17.8. The molecule has 3 N–H and O–H groups in total. The highest BCUT2D eigenvalue weighted by Gasteiger charge is 2.51. The molecule has 47 heavy (non-hydrogen) atoms. The molecule has 7 aliphatic heterocycles. The van der Waals surface area contributed by atoms with Crippen LogP contribution in [-0.4, -0.2) is 94.3 Å². The van der Waals surface area contributed by atoms with Crippen LogP contribution in [0.5, 0.6) is 6.01 Å². The van der Waals surface area contributed by atoms with Crippen LogP contribution in [0.1, 0.15) is 82.2 Å². The standard InChI is InChI=1S/C34H45ClF2N8O2/c35-24-10-25-22(15-39-43-25)27-21(24)4-1-5-26(46)40-20-12-33(13-20)6-2-8-44(17-33)31-23-14-38-30(27)28(37)29(23)41-32(42-31)47-18-34-7-3-9-45(34)16-19(36)11-34/h14,19-22,24-25,27,39,43H,1-13,15-18H2,(H,40,46)/t19-,20?,21?,22?,24?,25?,27?,33?,34+/m1/s1. The zero-order valence-corrected chi connectivity index (χ0v) is 27.6. The van der Waals surface area contributed by atoms with Gasteiger partial charge in [-0.1, -0.05) is 0 Å². The molecular formula is C34H45ClF2N8O2. The number of carbonyl (C=O) groups is 1. The summed E-state index contributed by atoms with van der Waals surface area (Å²) in [5.41, 5.74) is 6.97. The predicted octanol–water partition coefficient (Wildman–Crippen LogP) is 3.97. The highest BCUT2D eigenvalue weighted by Crippen LogP contribution is 2.51. The molecule has 2 saturated carbocycles. The van der Waals surface area contributed by atoms with Gasteiger partial charge < -0.3 is 15.0 Å². The summed E-state index contributed by atoms with van der Waals surface area (Å²) < 4.78 is 38.2. The van der Waals surface area contributed by atoms with Gasteiger partial charge in [0.1, 0.15) is 24.1 Å². The van der Waals surface area contributed by atoms with Gasteiger partial charge in [0.15, 0.2) is 5.82 Å². The van der Waals surface area contributed by atoms with E-state index in [1.54, 1.807) is 6.20 Å². The Labute approximate surface area is 279 Å². The van der Waals surface area contributed by atoms with E-state index in [1.807, 2.05) is 0 Å². The van der Waals surface area contributed by atoms with E-state index in [0.717, 1.165) is 64.6 Å². The average Bonchev–Trinajstić information content (AvgIpc) is 3.73. The fraction of sp³-hybridized carbons (Fsp3) is 0.765. The Hall–Kier alpha value is -2.41. The average molecular weight is 671 g/mol. The second-order valence-corrected chi connectivity index (χ2v) is 16.3. The maximum atomic E-state index is 17.2. The molecule has 13 heteroatoms. The third-order valence-corrected chi connectivity index (χ3v) is 13.4. The van der Waals surface area contributed by atoms with Gasteiger partial charge in [0, 0.05) is 68.6 Å². The van der Waals surface area contributed by atoms with E-state index < -0.39 is 12.0 Å². The SMILES string of the molecule is O=C1CCCC2C(Cl)CC3NNCC3C2c2ncc3c(nc(OC[C@@]45CCCN4C[C@H](F)C5)nc3c2F)N2CCCC3(CC(C3)N1)C2. The molecule has 11 rings (SSSR count). The fourth-order valence-corrected chi connectivity index (χ4v) is 11.2. The molecule has 9 aliphatic rings. The van der Waals surface area contributed by atoms with Gasteiger partial charge in [0.2, 0.25) is 5.91 Å². The number of rotatable bonds is 3. The van der Waals surface area contributed by atoms with Gasteiger partial charge in [0.25, 0.3) is 0 Å². The van der Waals surface area contributed by atoms with Crippen LogP contribution >= 0.6 is 11.6 Å². The van der Waals surface area contributed by atoms with Crippen LogP contribution in [-0.2, 0) is 4.79 Å². The molecule has 1 amide bonds. The van der Waals surface area contributed by atoms with Crippen LogP contribution in [0.25, 0.3) is 10.9 Å². The van der Waals surface area contributed by atoms with Crippen LogP contribution in [0.4, 0.5) is 14.6 Å². The molecule has 7 atom stereocenters. The molecule has 0 aromatic carbocycles. The number of halogens is 3. The van der Waals surface area contributed by atoms with Crippen molar-refractivity contribution >= 4 is 34.2 Å². The number of piperidine rings is 1. The quantitative estimate of drug-likeness (QED) is 0.419. The number of hydrazine groups is 1. The van der Waals surface area contributed by atoms with Gasteiger partial charge in [-0.2, -0.15) is 9.97 Å². The highest BCUT2D eigenvalue weighted by atomic mass is 35.5. The normalized spacial score (nSPS) is 40.1. The summed E-state index contributed by atoms with van der Waals surface area (Å²) in [6, 6.07) is 0.420. The van der Waals surface area contributed by atoms with Gasteiger partial charge in [0.05, 0.1) is 16.6 Å². The van der Waals surface area contributed by atoms with Gasteiger partial charge in [-0.3, -0.25) is 25.5 Å². The number of hydrogen-bond acceptors (Lipinski definition) is 9. The van der Waals surface area contributed by atoms with Crippen molar-refractivity contribution < 1.29 is 18.3 Å². The van der Waals surface area contributed by atoms with E-state index in [4.69, 9.17) is 31.3 Å². The smallest absolute Gasteiger partial charge is 0.319 e. The molecule has 1 spiro atoms. The maximum Gasteiger partial charge on any atom is 0.319 e. The lowest BCUT2D eigenvalue weighted by Gasteiger charge is -2.53. The molecule has 6 fully saturated rings. The van der Waals surface area contributed by atoms with Crippen LogP contribution in [0.15, 0.2) is 6.20 Å². The Kier molecular flexibility index (Phi) is 7.56. The van der Waals surface area contributed by atoms with Crippen molar-refractivity contribution in [3.63, 3.8) is 0 Å². The minimum absolute atomic E-state index is 0.0435. The molecule has 5 unspecified atom stereocenters. The van der Waals surface area contributed by atoms with Crippen molar-refractivity contribution in [2.45, 2.75) is 106 Å². The summed E-state index contributed by atoms with van der Waals surface area (Å²) >= 11 is 7.09. The second-order valence-electron chi connectivity index (χ2n) is 15.7. The highest BCUT2D eigenvalue weighted by molar-refractivity contribution is 6.21. The summed E-state index contributed by atoms with van der Waals surface area (Å²) in [7, 11) is 0. The number of amides is 1. The number of nitrogens with zero attached hydrogens (tertiary/aromatic N) is 5. The van der Waals surface area contributed by atoms with Crippen molar-refractivity contribution in [1.29, 1.82) is 0 Å². The Morgan fingerprint density at radius 1 is 1.11 bits per heavy atom. The maximum absolute atomic E-state index is 17.2. The van der Waals surface area contributed by atoms with Gasteiger partial charge >= 0.3 is 6.01 Å². The molecule has 10 nitrogen and oxygen atoms in total. The number of alkyl halides is 2. The van der Waals surface area contributed by atoms with Gasteiger partial charge in [-0.05, 0) is 81.6 Å². The zero-order valence-electron chi connectivity index (χ0n) is 26.8. The third kappa shape index (κ3) is 5.18. The number of carbonyl (C=O) groups excluding carboxylic acids is 1. The number of aromatic nitrogens is 3. The minimum atomic E-state index is -0.868. The summed E-state index contributed by atoms with van der Waals surface area (Å²) in [5.74, 6) is 0.103. The van der Waals surface area contributed by atoms with E-state index in [-0.39, 0.29) is 70.2 Å². The number of nitrogens with one attached hydrogen (secondary N) is 3. The molecule has 9 heterocycles. The molecule has 4 saturated heterocycles. The summed E-state index contributed by atoms with van der Waals surface area (Å²) in [6.45, 7) is 3.83. The van der Waals surface area contributed by atoms with Gasteiger partial charge in [-0.15, -0.1) is 11.6 Å². The first-order chi connectivity index (χ1) is 22.8. The summed E-state index contributed by atoms with van der Waals surface area (Å²) in [5, 5.41) is 3.69. The molecular weight excluding hydrogens is 626 g/mol. The topological polar surface area (TPSA) is 108 Å². The Bertz CT molecular complexity index is 1560. The minimum Gasteiger partial charge on any atom is -0.461 e. The fourth-order valence-electron chi connectivity index (χ4n) is 10.7. The molecule has 2 aromatic heterocycles.